The molecule has 2 atom stereocenters. The molecule has 1 amide bonds. The molecule has 1 saturated heterocycles. The second kappa shape index (κ2) is 4.62. The van der Waals surface area contributed by atoms with E-state index in [1.165, 1.54) is 0 Å². The summed E-state index contributed by atoms with van der Waals surface area (Å²) in [6.45, 7) is 16.9. The van der Waals surface area contributed by atoms with Crippen molar-refractivity contribution in [1.29, 1.82) is 0 Å². The Morgan fingerprint density at radius 3 is 2.18 bits per heavy atom. The van der Waals surface area contributed by atoms with Crippen LogP contribution in [0.15, 0.2) is 0 Å². The third-order valence-electron chi connectivity index (χ3n) is 4.54. The Kier molecular flexibility index (Phi) is 3.95. The van der Waals surface area contributed by atoms with Crippen molar-refractivity contribution in [2.75, 3.05) is 6.54 Å². The first-order valence-corrected chi connectivity index (χ1v) is 6.84. The smallest absolute Gasteiger partial charge is 0.210 e. The highest BCUT2D eigenvalue weighted by molar-refractivity contribution is 5.49. The lowest BCUT2D eigenvalue weighted by Crippen LogP contribution is -2.46. The van der Waals surface area contributed by atoms with Gasteiger partial charge in [-0.3, -0.25) is 4.79 Å². The van der Waals surface area contributed by atoms with Crippen molar-refractivity contribution in [3.63, 3.8) is 0 Å². The fourth-order valence-electron chi connectivity index (χ4n) is 4.30. The number of hydrogen-bond donors (Lipinski definition) is 0. The molecular weight excluding hydrogens is 210 g/mol. The summed E-state index contributed by atoms with van der Waals surface area (Å²) < 4.78 is 0. The molecule has 1 heterocycles. The van der Waals surface area contributed by atoms with Crippen LogP contribution >= 0.6 is 0 Å². The van der Waals surface area contributed by atoms with Gasteiger partial charge in [-0.15, -0.1) is 0 Å². The summed E-state index contributed by atoms with van der Waals surface area (Å²) in [5.41, 5.74) is 0.185. The molecule has 100 valence electrons. The van der Waals surface area contributed by atoms with Crippen molar-refractivity contribution < 1.29 is 4.79 Å². The summed E-state index contributed by atoms with van der Waals surface area (Å²) in [5.74, 6) is 2.00. The molecule has 0 aliphatic carbocycles. The van der Waals surface area contributed by atoms with Crippen LogP contribution < -0.4 is 0 Å². The van der Waals surface area contributed by atoms with E-state index in [1.54, 1.807) is 0 Å². The van der Waals surface area contributed by atoms with E-state index < -0.39 is 0 Å². The first-order valence-electron chi connectivity index (χ1n) is 6.84. The molecule has 1 rings (SSSR count). The van der Waals surface area contributed by atoms with Gasteiger partial charge in [0.2, 0.25) is 6.41 Å². The predicted molar refractivity (Wildman–Crippen MR) is 72.7 cm³/mol. The van der Waals surface area contributed by atoms with Crippen LogP contribution in [-0.2, 0) is 4.79 Å². The molecule has 1 aliphatic heterocycles. The Morgan fingerprint density at radius 1 is 1.24 bits per heavy atom. The van der Waals surface area contributed by atoms with Gasteiger partial charge in [-0.05, 0) is 43.4 Å². The van der Waals surface area contributed by atoms with Gasteiger partial charge in [-0.2, -0.15) is 0 Å². The molecule has 0 bridgehead atoms. The standard InChI is InChI=1S/C15H29NO/c1-11(2)13-12(3)8-15(6,7)16(10-17)9-14(13,4)5/h10-13H,8-9H2,1-7H3. The van der Waals surface area contributed by atoms with Crippen molar-refractivity contribution in [3.8, 4) is 0 Å². The Morgan fingerprint density at radius 2 is 1.76 bits per heavy atom. The second-order valence-corrected chi connectivity index (χ2v) is 7.49. The highest BCUT2D eigenvalue weighted by atomic mass is 16.1. The van der Waals surface area contributed by atoms with Crippen LogP contribution in [0.4, 0.5) is 0 Å². The van der Waals surface area contributed by atoms with Gasteiger partial charge in [0, 0.05) is 12.1 Å². The molecule has 0 saturated carbocycles. The van der Waals surface area contributed by atoms with Crippen LogP contribution in [0.3, 0.4) is 0 Å². The molecule has 2 nitrogen and oxygen atoms in total. The molecule has 1 fully saturated rings. The molecule has 2 unspecified atom stereocenters. The lowest BCUT2D eigenvalue weighted by atomic mass is 9.66. The summed E-state index contributed by atoms with van der Waals surface area (Å²) in [4.78, 5) is 13.3. The highest BCUT2D eigenvalue weighted by Crippen LogP contribution is 2.45. The van der Waals surface area contributed by atoms with E-state index in [4.69, 9.17) is 0 Å². The van der Waals surface area contributed by atoms with Gasteiger partial charge in [0.15, 0.2) is 0 Å². The maximum absolute atomic E-state index is 11.3. The second-order valence-electron chi connectivity index (χ2n) is 7.49. The lowest BCUT2D eigenvalue weighted by Gasteiger charge is -2.40. The SMILES string of the molecule is CC(C)C1C(C)CC(C)(C)N(C=O)CC1(C)C. The molecule has 1 aliphatic rings. The Bertz CT molecular complexity index is 281. The van der Waals surface area contributed by atoms with E-state index in [9.17, 15) is 4.79 Å². The minimum Gasteiger partial charge on any atom is -0.340 e. The fourth-order valence-corrected chi connectivity index (χ4v) is 4.30. The van der Waals surface area contributed by atoms with Crippen molar-refractivity contribution in [2.24, 2.45) is 23.2 Å². The van der Waals surface area contributed by atoms with Gasteiger partial charge in [0.1, 0.15) is 0 Å². The van der Waals surface area contributed by atoms with E-state index >= 15 is 0 Å². The largest absolute Gasteiger partial charge is 0.340 e. The molecule has 0 aromatic rings. The van der Waals surface area contributed by atoms with Crippen molar-refractivity contribution in [2.45, 2.75) is 60.4 Å². The van der Waals surface area contributed by atoms with Gasteiger partial charge >= 0.3 is 0 Å². The zero-order chi connectivity index (χ0) is 13.4. The Hall–Kier alpha value is -0.530. The number of likely N-dealkylation sites (tertiary alicyclic amines) is 1. The number of carbonyl (C=O) groups is 1. The third-order valence-corrected chi connectivity index (χ3v) is 4.54. The van der Waals surface area contributed by atoms with Crippen LogP contribution in [0.1, 0.15) is 54.9 Å². The fraction of sp³-hybridized carbons (Fsp3) is 0.933. The Labute approximate surface area is 107 Å². The summed E-state index contributed by atoms with van der Waals surface area (Å²) >= 11 is 0. The predicted octanol–water partition coefficient (Wildman–Crippen LogP) is 3.56. The van der Waals surface area contributed by atoms with Crippen LogP contribution in [0.2, 0.25) is 0 Å². The van der Waals surface area contributed by atoms with Gasteiger partial charge in [0.05, 0.1) is 0 Å². The van der Waals surface area contributed by atoms with Crippen LogP contribution in [0, 0.1) is 23.2 Å². The molecule has 0 aromatic heterocycles. The van der Waals surface area contributed by atoms with E-state index in [0.717, 1.165) is 19.4 Å². The summed E-state index contributed by atoms with van der Waals surface area (Å²) in [5, 5.41) is 0. The number of nitrogens with zero attached hydrogens (tertiary/aromatic N) is 1. The molecule has 0 N–H and O–H groups in total. The first kappa shape index (κ1) is 14.5. The third kappa shape index (κ3) is 2.83. The van der Waals surface area contributed by atoms with E-state index in [2.05, 4.69) is 48.5 Å². The lowest BCUT2D eigenvalue weighted by molar-refractivity contribution is -0.124. The minimum absolute atomic E-state index is 0.0118. The molecule has 0 aromatic carbocycles. The van der Waals surface area contributed by atoms with Crippen LogP contribution in [0.5, 0.6) is 0 Å². The molecular formula is C15H29NO. The monoisotopic (exact) mass is 239 g/mol. The number of carbonyl (C=O) groups excluding carboxylic acids is 1. The summed E-state index contributed by atoms with van der Waals surface area (Å²) in [6.07, 6.45) is 2.13. The quantitative estimate of drug-likeness (QED) is 0.675. The normalized spacial score (nSPS) is 32.4. The molecule has 0 spiro atoms. The van der Waals surface area contributed by atoms with Gasteiger partial charge < -0.3 is 4.90 Å². The topological polar surface area (TPSA) is 20.3 Å². The maximum Gasteiger partial charge on any atom is 0.210 e. The van der Waals surface area contributed by atoms with Crippen molar-refractivity contribution >= 4 is 6.41 Å². The average molecular weight is 239 g/mol. The van der Waals surface area contributed by atoms with Gasteiger partial charge in [-0.1, -0.05) is 34.6 Å². The zero-order valence-electron chi connectivity index (χ0n) is 12.6. The van der Waals surface area contributed by atoms with E-state index in [0.29, 0.717) is 17.8 Å². The molecule has 2 heteroatoms. The van der Waals surface area contributed by atoms with Crippen molar-refractivity contribution in [3.05, 3.63) is 0 Å². The average Bonchev–Trinajstić information content (AvgIpc) is 2.17. The molecule has 17 heavy (non-hydrogen) atoms. The van der Waals surface area contributed by atoms with Crippen LogP contribution in [0.25, 0.3) is 0 Å². The Balaban J connectivity index is 3.11. The van der Waals surface area contributed by atoms with Crippen molar-refractivity contribution in [1.82, 2.24) is 4.90 Å². The van der Waals surface area contributed by atoms with Crippen LogP contribution in [-0.4, -0.2) is 23.4 Å². The zero-order valence-corrected chi connectivity index (χ0v) is 12.6. The van der Waals surface area contributed by atoms with Gasteiger partial charge in [0.25, 0.3) is 0 Å². The molecule has 0 radical (unpaired) electrons. The first-order chi connectivity index (χ1) is 7.62. The number of amides is 1. The van der Waals surface area contributed by atoms with Gasteiger partial charge in [-0.25, -0.2) is 0 Å². The minimum atomic E-state index is -0.0118. The summed E-state index contributed by atoms with van der Waals surface area (Å²) in [6, 6.07) is 0. The van der Waals surface area contributed by atoms with E-state index in [-0.39, 0.29) is 11.0 Å². The summed E-state index contributed by atoms with van der Waals surface area (Å²) in [7, 11) is 0. The number of hydrogen-bond acceptors (Lipinski definition) is 1. The highest BCUT2D eigenvalue weighted by Gasteiger charge is 2.44. The maximum atomic E-state index is 11.3. The van der Waals surface area contributed by atoms with E-state index in [1.807, 2.05) is 4.90 Å². The number of rotatable bonds is 2.